The van der Waals surface area contributed by atoms with Crippen molar-refractivity contribution in [3.05, 3.63) is 54.0 Å². The molecular weight excluding hydrogens is 304 g/mol. The normalized spacial score (nSPS) is 12.8. The van der Waals surface area contributed by atoms with Gasteiger partial charge in [-0.15, -0.1) is 0 Å². The summed E-state index contributed by atoms with van der Waals surface area (Å²) in [6.07, 6.45) is 2.44. The molecule has 0 spiro atoms. The van der Waals surface area contributed by atoms with Gasteiger partial charge < -0.3 is 9.73 Å². The van der Waals surface area contributed by atoms with Gasteiger partial charge in [-0.1, -0.05) is 12.1 Å². The zero-order valence-corrected chi connectivity index (χ0v) is 13.0. The number of sulfonamides is 1. The Morgan fingerprint density at radius 3 is 2.50 bits per heavy atom. The molecular formula is C15H18N2O4S. The molecule has 1 aromatic carbocycles. The van der Waals surface area contributed by atoms with Crippen LogP contribution in [0.3, 0.4) is 0 Å². The smallest absolute Gasteiger partial charge is 0.238 e. The molecule has 0 radical (unpaired) electrons. The first-order chi connectivity index (χ1) is 10.4. The predicted octanol–water partition coefficient (Wildman–Crippen LogP) is 1.74. The van der Waals surface area contributed by atoms with Gasteiger partial charge in [-0.25, -0.2) is 13.6 Å². The Hall–Kier alpha value is -2.12. The third-order valence-electron chi connectivity index (χ3n) is 3.26. The molecule has 0 aliphatic carbocycles. The van der Waals surface area contributed by atoms with E-state index in [1.807, 2.05) is 13.0 Å². The lowest BCUT2D eigenvalue weighted by molar-refractivity contribution is -0.121. The van der Waals surface area contributed by atoms with Crippen LogP contribution in [0.15, 0.2) is 52.0 Å². The Labute approximate surface area is 129 Å². The van der Waals surface area contributed by atoms with E-state index in [0.717, 1.165) is 11.3 Å². The van der Waals surface area contributed by atoms with Crippen molar-refractivity contribution in [3.8, 4) is 0 Å². The number of primary sulfonamides is 1. The van der Waals surface area contributed by atoms with Crippen molar-refractivity contribution in [2.75, 3.05) is 0 Å². The third kappa shape index (κ3) is 4.44. The van der Waals surface area contributed by atoms with Crippen molar-refractivity contribution in [2.24, 2.45) is 5.14 Å². The van der Waals surface area contributed by atoms with Gasteiger partial charge in [0.1, 0.15) is 5.76 Å². The highest BCUT2D eigenvalue weighted by atomic mass is 32.2. The molecule has 6 nitrogen and oxygen atoms in total. The average Bonchev–Trinajstić information content (AvgIpc) is 2.97. The van der Waals surface area contributed by atoms with Gasteiger partial charge in [0.15, 0.2) is 0 Å². The van der Waals surface area contributed by atoms with E-state index >= 15 is 0 Å². The minimum atomic E-state index is -3.70. The second kappa shape index (κ2) is 6.76. The molecule has 0 fully saturated rings. The van der Waals surface area contributed by atoms with E-state index in [1.165, 1.54) is 12.1 Å². The molecule has 0 aliphatic heterocycles. The van der Waals surface area contributed by atoms with Gasteiger partial charge in [0.05, 0.1) is 17.2 Å². The van der Waals surface area contributed by atoms with Gasteiger partial charge in [0, 0.05) is 12.8 Å². The lowest BCUT2D eigenvalue weighted by atomic mass is 10.1. The molecule has 0 bridgehead atoms. The SMILES string of the molecule is CC(NC(=O)CCc1ccco1)c1ccc(S(N)(=O)=O)cc1. The fraction of sp³-hybridized carbons (Fsp3) is 0.267. The van der Waals surface area contributed by atoms with Crippen LogP contribution in [-0.2, 0) is 21.2 Å². The molecule has 0 saturated heterocycles. The van der Waals surface area contributed by atoms with Crippen LogP contribution in [0.4, 0.5) is 0 Å². The topological polar surface area (TPSA) is 102 Å². The predicted molar refractivity (Wildman–Crippen MR) is 81.4 cm³/mol. The summed E-state index contributed by atoms with van der Waals surface area (Å²) in [6.45, 7) is 1.83. The summed E-state index contributed by atoms with van der Waals surface area (Å²) in [5.74, 6) is 0.666. The zero-order chi connectivity index (χ0) is 16.2. The number of hydrogen-bond donors (Lipinski definition) is 2. The third-order valence-corrected chi connectivity index (χ3v) is 4.19. The number of nitrogens with one attached hydrogen (secondary N) is 1. The molecule has 0 aliphatic rings. The minimum Gasteiger partial charge on any atom is -0.469 e. The van der Waals surface area contributed by atoms with Crippen LogP contribution in [0.5, 0.6) is 0 Å². The van der Waals surface area contributed by atoms with E-state index in [2.05, 4.69) is 5.32 Å². The first-order valence-corrected chi connectivity index (χ1v) is 8.35. The number of aryl methyl sites for hydroxylation is 1. The minimum absolute atomic E-state index is 0.0487. The molecule has 0 saturated carbocycles. The lowest BCUT2D eigenvalue weighted by Crippen LogP contribution is -2.26. The maximum absolute atomic E-state index is 11.9. The maximum atomic E-state index is 11.9. The van der Waals surface area contributed by atoms with Crippen LogP contribution in [0.25, 0.3) is 0 Å². The van der Waals surface area contributed by atoms with Crippen LogP contribution in [0, 0.1) is 0 Å². The van der Waals surface area contributed by atoms with Crippen molar-refractivity contribution in [1.29, 1.82) is 0 Å². The fourth-order valence-electron chi connectivity index (χ4n) is 2.03. The lowest BCUT2D eigenvalue weighted by Gasteiger charge is -2.14. The monoisotopic (exact) mass is 322 g/mol. The average molecular weight is 322 g/mol. The summed E-state index contributed by atoms with van der Waals surface area (Å²) in [5.41, 5.74) is 0.804. The number of carbonyl (C=O) groups excluding carboxylic acids is 1. The summed E-state index contributed by atoms with van der Waals surface area (Å²) >= 11 is 0. The highest BCUT2D eigenvalue weighted by molar-refractivity contribution is 7.89. The molecule has 7 heteroatoms. The first-order valence-electron chi connectivity index (χ1n) is 6.81. The van der Waals surface area contributed by atoms with Gasteiger partial charge in [-0.05, 0) is 36.8 Å². The summed E-state index contributed by atoms with van der Waals surface area (Å²) < 4.78 is 27.5. The molecule has 1 atom stereocenters. The number of benzene rings is 1. The molecule has 1 aromatic heterocycles. The van der Waals surface area contributed by atoms with Crippen LogP contribution in [-0.4, -0.2) is 14.3 Å². The molecule has 1 amide bonds. The Bertz CT molecular complexity index is 721. The van der Waals surface area contributed by atoms with Gasteiger partial charge in [-0.2, -0.15) is 0 Å². The second-order valence-electron chi connectivity index (χ2n) is 4.98. The number of carbonyl (C=O) groups is 1. The number of nitrogens with two attached hydrogens (primary N) is 1. The van der Waals surface area contributed by atoms with Gasteiger partial charge in [0.25, 0.3) is 0 Å². The van der Waals surface area contributed by atoms with E-state index in [4.69, 9.17) is 9.56 Å². The van der Waals surface area contributed by atoms with Gasteiger partial charge in [0.2, 0.25) is 15.9 Å². The maximum Gasteiger partial charge on any atom is 0.238 e. The molecule has 2 rings (SSSR count). The van der Waals surface area contributed by atoms with Crippen molar-refractivity contribution in [3.63, 3.8) is 0 Å². The zero-order valence-electron chi connectivity index (χ0n) is 12.2. The highest BCUT2D eigenvalue weighted by Gasteiger charge is 2.12. The summed E-state index contributed by atoms with van der Waals surface area (Å²) in [7, 11) is -3.70. The molecule has 2 aromatic rings. The molecule has 3 N–H and O–H groups in total. The Morgan fingerprint density at radius 2 is 1.95 bits per heavy atom. The number of rotatable bonds is 6. The standard InChI is InChI=1S/C15H18N2O4S/c1-11(12-4-7-14(8-5-12)22(16,19)20)17-15(18)9-6-13-3-2-10-21-13/h2-5,7-8,10-11H,6,9H2,1H3,(H,17,18)(H2,16,19,20). The van der Waals surface area contributed by atoms with Crippen LogP contribution < -0.4 is 10.5 Å². The summed E-state index contributed by atoms with van der Waals surface area (Å²) in [4.78, 5) is 11.9. The van der Waals surface area contributed by atoms with Crippen LogP contribution >= 0.6 is 0 Å². The van der Waals surface area contributed by atoms with Crippen LogP contribution in [0.2, 0.25) is 0 Å². The second-order valence-corrected chi connectivity index (χ2v) is 6.54. The van der Waals surface area contributed by atoms with Crippen molar-refractivity contribution < 1.29 is 17.6 Å². The van der Waals surface area contributed by atoms with Gasteiger partial charge >= 0.3 is 0 Å². The molecule has 118 valence electrons. The van der Waals surface area contributed by atoms with E-state index in [1.54, 1.807) is 24.5 Å². The van der Waals surface area contributed by atoms with Crippen molar-refractivity contribution in [1.82, 2.24) is 5.32 Å². The van der Waals surface area contributed by atoms with E-state index in [9.17, 15) is 13.2 Å². The Kier molecular flexibility index (Phi) is 4.99. The van der Waals surface area contributed by atoms with Crippen molar-refractivity contribution >= 4 is 15.9 Å². The first kappa shape index (κ1) is 16.3. The number of amides is 1. The summed E-state index contributed by atoms with van der Waals surface area (Å²) in [6, 6.07) is 9.51. The van der Waals surface area contributed by atoms with Gasteiger partial charge in [-0.3, -0.25) is 4.79 Å². The van der Waals surface area contributed by atoms with E-state index in [-0.39, 0.29) is 16.8 Å². The Morgan fingerprint density at radius 1 is 1.27 bits per heavy atom. The summed E-state index contributed by atoms with van der Waals surface area (Å²) in [5, 5.41) is 7.90. The molecule has 22 heavy (non-hydrogen) atoms. The highest BCUT2D eigenvalue weighted by Crippen LogP contribution is 2.15. The Balaban J connectivity index is 1.91. The molecule has 1 unspecified atom stereocenters. The quantitative estimate of drug-likeness (QED) is 0.845. The van der Waals surface area contributed by atoms with E-state index in [0.29, 0.717) is 12.8 Å². The van der Waals surface area contributed by atoms with Crippen LogP contribution in [0.1, 0.15) is 30.7 Å². The number of hydrogen-bond acceptors (Lipinski definition) is 4. The molecule has 1 heterocycles. The largest absolute Gasteiger partial charge is 0.469 e. The number of furan rings is 1. The van der Waals surface area contributed by atoms with Crippen molar-refractivity contribution in [2.45, 2.75) is 30.7 Å². The van der Waals surface area contributed by atoms with E-state index < -0.39 is 10.0 Å². The fourth-order valence-corrected chi connectivity index (χ4v) is 2.55.